The first-order valence-corrected chi connectivity index (χ1v) is 14.7. The molecule has 0 heterocycles. The summed E-state index contributed by atoms with van der Waals surface area (Å²) in [6.45, 7) is 21.5. The number of allylic oxidation sites excluding steroid dienone is 1. The summed E-state index contributed by atoms with van der Waals surface area (Å²) >= 11 is 0. The zero-order valence-corrected chi connectivity index (χ0v) is 23.7. The Morgan fingerprint density at radius 2 is 1.57 bits per heavy atom. The van der Waals surface area contributed by atoms with E-state index in [1.54, 1.807) is 6.92 Å². The summed E-state index contributed by atoms with van der Waals surface area (Å²) in [5.41, 5.74) is 2.45. The molecular weight excluding hydrogens is 432 g/mol. The molecule has 0 bridgehead atoms. The molecule has 35 heavy (non-hydrogen) atoms. The van der Waals surface area contributed by atoms with Crippen LogP contribution in [0.1, 0.15) is 113 Å². The van der Waals surface area contributed by atoms with Gasteiger partial charge in [-0.1, -0.05) is 46.8 Å². The van der Waals surface area contributed by atoms with E-state index in [-0.39, 0.29) is 22.9 Å². The normalized spacial score (nSPS) is 52.5. The van der Waals surface area contributed by atoms with E-state index in [1.165, 1.54) is 63.4 Å². The highest BCUT2D eigenvalue weighted by atomic mass is 16.5. The smallest absolute Gasteiger partial charge is 0.302 e. The molecule has 0 aliphatic heterocycles. The third-order valence-corrected chi connectivity index (χ3v) is 13.8. The molecule has 3 heteroatoms. The maximum Gasteiger partial charge on any atom is 0.302 e. The van der Waals surface area contributed by atoms with E-state index in [0.717, 1.165) is 12.3 Å². The zero-order chi connectivity index (χ0) is 25.6. The van der Waals surface area contributed by atoms with Crippen molar-refractivity contribution >= 4 is 5.97 Å². The second-order valence-electron chi connectivity index (χ2n) is 15.2. The first-order valence-electron chi connectivity index (χ1n) is 14.7. The fourth-order valence-electron chi connectivity index (χ4n) is 11.8. The lowest BCUT2D eigenvalue weighted by Crippen LogP contribution is -2.66. The van der Waals surface area contributed by atoms with Gasteiger partial charge in [-0.3, -0.25) is 4.79 Å². The van der Waals surface area contributed by atoms with Crippen LogP contribution in [0.15, 0.2) is 12.2 Å². The van der Waals surface area contributed by atoms with E-state index in [1.807, 2.05) is 0 Å². The molecule has 3 nitrogen and oxygen atoms in total. The minimum absolute atomic E-state index is 0.00826. The topological polar surface area (TPSA) is 46.5 Å². The zero-order valence-electron chi connectivity index (χ0n) is 23.7. The van der Waals surface area contributed by atoms with Crippen molar-refractivity contribution in [1.29, 1.82) is 0 Å². The standard InChI is InChI=1S/C32H52O3/c1-20(2)22-11-16-32(19-35-21(3)33)18-17-30(7)23(27(22)32)9-10-25-29(6)14-13-26(34)28(4,5)24(29)12-15-31(25,30)8/h22-27,34H,1,9-19H2,2-8H3/t22-,23+,24-,25+,26+,27-,29-,30+,31+,32+/m0/s1. The van der Waals surface area contributed by atoms with Crippen molar-refractivity contribution in [1.82, 2.24) is 0 Å². The molecular formula is C32H52O3. The number of hydrogen-bond donors (Lipinski definition) is 1. The van der Waals surface area contributed by atoms with Crippen molar-refractivity contribution in [2.45, 2.75) is 119 Å². The number of carbonyl (C=O) groups excluding carboxylic acids is 1. The minimum Gasteiger partial charge on any atom is -0.465 e. The maximum atomic E-state index is 11.9. The molecule has 5 aliphatic carbocycles. The first kappa shape index (κ1) is 25.8. The van der Waals surface area contributed by atoms with Gasteiger partial charge in [0.05, 0.1) is 12.7 Å². The first-order chi connectivity index (χ1) is 16.2. The lowest BCUT2D eigenvalue weighted by molar-refractivity contribution is -0.249. The molecule has 5 fully saturated rings. The number of aliphatic hydroxyl groups excluding tert-OH is 1. The van der Waals surface area contributed by atoms with Gasteiger partial charge in [0.15, 0.2) is 0 Å². The second kappa shape index (κ2) is 8.08. The largest absolute Gasteiger partial charge is 0.465 e. The molecule has 0 saturated heterocycles. The molecule has 10 atom stereocenters. The highest BCUT2D eigenvalue weighted by molar-refractivity contribution is 5.65. The van der Waals surface area contributed by atoms with Crippen LogP contribution in [0.3, 0.4) is 0 Å². The van der Waals surface area contributed by atoms with E-state index >= 15 is 0 Å². The summed E-state index contributed by atoms with van der Waals surface area (Å²) in [5, 5.41) is 10.9. The van der Waals surface area contributed by atoms with Gasteiger partial charge in [0.1, 0.15) is 0 Å². The summed E-state index contributed by atoms with van der Waals surface area (Å²) in [6.07, 6.45) is 12.0. The van der Waals surface area contributed by atoms with Crippen LogP contribution in [0.2, 0.25) is 0 Å². The number of aliphatic hydroxyl groups is 1. The van der Waals surface area contributed by atoms with Crippen LogP contribution < -0.4 is 0 Å². The number of hydrogen-bond acceptors (Lipinski definition) is 3. The van der Waals surface area contributed by atoms with Crippen LogP contribution in [0.4, 0.5) is 0 Å². The number of ether oxygens (including phenoxy) is 1. The van der Waals surface area contributed by atoms with Crippen molar-refractivity contribution in [3.05, 3.63) is 12.2 Å². The molecule has 0 radical (unpaired) electrons. The minimum atomic E-state index is -0.164. The Bertz CT molecular complexity index is 891. The summed E-state index contributed by atoms with van der Waals surface area (Å²) in [7, 11) is 0. The van der Waals surface area contributed by atoms with E-state index in [0.29, 0.717) is 46.5 Å². The summed E-state index contributed by atoms with van der Waals surface area (Å²) in [6, 6.07) is 0. The molecule has 0 amide bonds. The second-order valence-corrected chi connectivity index (χ2v) is 15.2. The highest BCUT2D eigenvalue weighted by Crippen LogP contribution is 2.77. The van der Waals surface area contributed by atoms with Crippen molar-refractivity contribution in [2.24, 2.45) is 56.7 Å². The molecule has 0 aromatic carbocycles. The fraction of sp³-hybridized carbons (Fsp3) is 0.906. The molecule has 0 aromatic heterocycles. The summed E-state index contributed by atoms with van der Waals surface area (Å²) < 4.78 is 5.79. The Hall–Kier alpha value is -0.830. The van der Waals surface area contributed by atoms with E-state index in [4.69, 9.17) is 4.74 Å². The quantitative estimate of drug-likeness (QED) is 0.332. The van der Waals surface area contributed by atoms with Gasteiger partial charge in [-0.05, 0) is 122 Å². The molecule has 198 valence electrons. The Morgan fingerprint density at radius 1 is 0.857 bits per heavy atom. The van der Waals surface area contributed by atoms with Crippen molar-refractivity contribution in [2.75, 3.05) is 6.61 Å². The van der Waals surface area contributed by atoms with Gasteiger partial charge >= 0.3 is 5.97 Å². The SMILES string of the molecule is C=C(C)[C@@H]1CC[C@]2(COC(C)=O)CC[C@]3(C)[C@H](CC[C@@H]4[C@@]5(C)CC[C@@H](O)C(C)(C)[C@@H]5CC[C@]43C)[C@H]12. The van der Waals surface area contributed by atoms with E-state index < -0.39 is 0 Å². The van der Waals surface area contributed by atoms with Crippen molar-refractivity contribution in [3.63, 3.8) is 0 Å². The van der Waals surface area contributed by atoms with Gasteiger partial charge in [-0.15, -0.1) is 0 Å². The van der Waals surface area contributed by atoms with Gasteiger partial charge in [0, 0.05) is 12.3 Å². The van der Waals surface area contributed by atoms with Gasteiger partial charge in [0.2, 0.25) is 0 Å². The predicted octanol–water partition coefficient (Wildman–Crippen LogP) is 7.57. The van der Waals surface area contributed by atoms with Crippen molar-refractivity contribution < 1.29 is 14.6 Å². The molecule has 5 aliphatic rings. The molecule has 5 rings (SSSR count). The Balaban J connectivity index is 1.53. The Morgan fingerprint density at radius 3 is 2.23 bits per heavy atom. The predicted molar refractivity (Wildman–Crippen MR) is 142 cm³/mol. The molecule has 1 N–H and O–H groups in total. The van der Waals surface area contributed by atoms with Crippen molar-refractivity contribution in [3.8, 4) is 0 Å². The van der Waals surface area contributed by atoms with Crippen LogP contribution in [0.25, 0.3) is 0 Å². The lowest BCUT2D eigenvalue weighted by atomic mass is 9.32. The van der Waals surface area contributed by atoms with Gasteiger partial charge in [-0.25, -0.2) is 0 Å². The van der Waals surface area contributed by atoms with Crippen LogP contribution in [-0.2, 0) is 9.53 Å². The van der Waals surface area contributed by atoms with Gasteiger partial charge in [-0.2, -0.15) is 0 Å². The molecule has 0 spiro atoms. The Labute approximate surface area is 214 Å². The fourth-order valence-corrected chi connectivity index (χ4v) is 11.8. The highest BCUT2D eigenvalue weighted by Gasteiger charge is 2.70. The van der Waals surface area contributed by atoms with E-state index in [9.17, 15) is 9.90 Å². The lowest BCUT2D eigenvalue weighted by Gasteiger charge is -2.73. The molecule has 0 unspecified atom stereocenters. The van der Waals surface area contributed by atoms with Crippen LogP contribution >= 0.6 is 0 Å². The van der Waals surface area contributed by atoms with Gasteiger partial charge in [0.25, 0.3) is 0 Å². The number of fused-ring (bicyclic) bond motifs is 7. The maximum absolute atomic E-state index is 11.9. The van der Waals surface area contributed by atoms with Crippen LogP contribution in [0.5, 0.6) is 0 Å². The van der Waals surface area contributed by atoms with Crippen LogP contribution in [0, 0.1) is 56.7 Å². The number of carbonyl (C=O) groups is 1. The average molecular weight is 485 g/mol. The average Bonchev–Trinajstić information content (AvgIpc) is 3.16. The third kappa shape index (κ3) is 3.34. The number of esters is 1. The molecule has 0 aromatic rings. The molecule has 5 saturated carbocycles. The number of rotatable bonds is 3. The Kier molecular flexibility index (Phi) is 5.96. The van der Waals surface area contributed by atoms with Crippen LogP contribution in [-0.4, -0.2) is 23.8 Å². The third-order valence-electron chi connectivity index (χ3n) is 13.8. The summed E-state index contributed by atoms with van der Waals surface area (Å²) in [4.78, 5) is 11.9. The monoisotopic (exact) mass is 484 g/mol. The van der Waals surface area contributed by atoms with E-state index in [2.05, 4.69) is 48.1 Å². The summed E-state index contributed by atoms with van der Waals surface area (Å²) in [5.74, 6) is 3.04. The van der Waals surface area contributed by atoms with Gasteiger partial charge < -0.3 is 9.84 Å².